The molecule has 8 nitrogen and oxygen atoms in total. The molecule has 1 aliphatic heterocycles. The summed E-state index contributed by atoms with van der Waals surface area (Å²) in [6.45, 7) is 0.0600. The number of benzene rings is 2. The third kappa shape index (κ3) is 4.76. The molecule has 3 rings (SSSR count). The van der Waals surface area contributed by atoms with Crippen molar-refractivity contribution in [1.82, 2.24) is 9.80 Å². The van der Waals surface area contributed by atoms with Gasteiger partial charge in [-0.1, -0.05) is 23.7 Å². The second-order valence-electron chi connectivity index (χ2n) is 6.60. The fraction of sp³-hybridized carbons (Fsp3) is 0.150. The van der Waals surface area contributed by atoms with Crippen molar-refractivity contribution in [2.75, 3.05) is 14.1 Å². The first-order valence-electron chi connectivity index (χ1n) is 8.77. The van der Waals surface area contributed by atoms with Gasteiger partial charge in [-0.05, 0) is 57.5 Å². The van der Waals surface area contributed by atoms with Crippen molar-refractivity contribution in [2.45, 2.75) is 6.61 Å². The second kappa shape index (κ2) is 9.13. The van der Waals surface area contributed by atoms with Gasteiger partial charge in [0, 0.05) is 26.2 Å². The van der Waals surface area contributed by atoms with E-state index >= 15 is 0 Å². The topological polar surface area (TPSA) is 93.0 Å². The molecule has 0 saturated carbocycles. The van der Waals surface area contributed by atoms with Crippen LogP contribution in [0.3, 0.4) is 0 Å². The minimum atomic E-state index is -0.508. The predicted octanol–water partition coefficient (Wildman–Crippen LogP) is 4.19. The molecule has 31 heavy (non-hydrogen) atoms. The zero-order valence-corrected chi connectivity index (χ0v) is 19.5. The molecule has 1 saturated heterocycles. The van der Waals surface area contributed by atoms with Gasteiger partial charge in [0.15, 0.2) is 10.9 Å². The Morgan fingerprint density at radius 2 is 1.84 bits per heavy atom. The van der Waals surface area contributed by atoms with Crippen LogP contribution in [-0.2, 0) is 16.2 Å². The number of ether oxygens (including phenoxy) is 1. The molecule has 0 atom stereocenters. The SMILES string of the molecule is CN1C(=O)C(=Cc2cc(Cl)c(OCc3cccc([N+](=O)[O-])c3)c(Br)c2)C(=O)N(C)C1=S. The highest BCUT2D eigenvalue weighted by Crippen LogP contribution is 2.36. The third-order valence-corrected chi connectivity index (χ3v) is 5.90. The zero-order chi connectivity index (χ0) is 22.9. The van der Waals surface area contributed by atoms with Crippen LogP contribution in [-0.4, -0.2) is 45.7 Å². The van der Waals surface area contributed by atoms with E-state index in [4.69, 9.17) is 28.6 Å². The highest BCUT2D eigenvalue weighted by molar-refractivity contribution is 9.10. The molecule has 160 valence electrons. The van der Waals surface area contributed by atoms with Gasteiger partial charge in [-0.3, -0.25) is 29.5 Å². The van der Waals surface area contributed by atoms with Crippen LogP contribution in [0, 0.1) is 10.1 Å². The van der Waals surface area contributed by atoms with Gasteiger partial charge in [0.05, 0.1) is 14.4 Å². The van der Waals surface area contributed by atoms with Gasteiger partial charge in [0.25, 0.3) is 17.5 Å². The number of rotatable bonds is 5. The number of hydrogen-bond acceptors (Lipinski definition) is 6. The summed E-state index contributed by atoms with van der Waals surface area (Å²) in [7, 11) is 2.99. The molecule has 0 radical (unpaired) electrons. The number of nitro benzene ring substituents is 1. The van der Waals surface area contributed by atoms with Gasteiger partial charge < -0.3 is 4.74 Å². The van der Waals surface area contributed by atoms with Crippen molar-refractivity contribution >= 4 is 68.4 Å². The summed E-state index contributed by atoms with van der Waals surface area (Å²) < 4.78 is 6.23. The first kappa shape index (κ1) is 22.9. The van der Waals surface area contributed by atoms with E-state index in [2.05, 4.69) is 15.9 Å². The number of amides is 2. The molecule has 0 bridgehead atoms. The van der Waals surface area contributed by atoms with E-state index in [9.17, 15) is 19.7 Å². The fourth-order valence-electron chi connectivity index (χ4n) is 2.86. The lowest BCUT2D eigenvalue weighted by Gasteiger charge is -2.31. The molecule has 0 aromatic heterocycles. The molecule has 0 spiro atoms. The molecule has 2 amide bonds. The smallest absolute Gasteiger partial charge is 0.269 e. The first-order valence-corrected chi connectivity index (χ1v) is 10.3. The molecule has 0 aliphatic carbocycles. The number of hydrogen-bond donors (Lipinski definition) is 0. The average Bonchev–Trinajstić information content (AvgIpc) is 2.73. The second-order valence-corrected chi connectivity index (χ2v) is 8.22. The fourth-order valence-corrected chi connectivity index (χ4v) is 4.01. The number of likely N-dealkylation sites (N-methyl/N-ethyl adjacent to an activating group) is 2. The van der Waals surface area contributed by atoms with Gasteiger partial charge in [-0.15, -0.1) is 0 Å². The first-order chi connectivity index (χ1) is 14.6. The van der Waals surface area contributed by atoms with Gasteiger partial charge in [0.1, 0.15) is 12.2 Å². The summed E-state index contributed by atoms with van der Waals surface area (Å²) in [6.07, 6.45) is 1.43. The molecular weight excluding hydrogens is 510 g/mol. The number of carbonyl (C=O) groups is 2. The standard InChI is InChI=1S/C20H15BrClN3O5S/c1-23-18(26)14(19(27)24(2)20(23)31)7-12-8-15(21)17(16(22)9-12)30-10-11-4-3-5-13(6-11)25(28)29/h3-9H,10H2,1-2H3. The molecule has 2 aromatic rings. The molecule has 1 fully saturated rings. The van der Waals surface area contributed by atoms with Gasteiger partial charge >= 0.3 is 0 Å². The van der Waals surface area contributed by atoms with E-state index in [1.54, 1.807) is 24.3 Å². The Bertz CT molecular complexity index is 1100. The quantitative estimate of drug-likeness (QED) is 0.191. The van der Waals surface area contributed by atoms with E-state index in [0.717, 1.165) is 0 Å². The molecule has 0 N–H and O–H groups in total. The summed E-state index contributed by atoms with van der Waals surface area (Å²) in [5.41, 5.74) is 1.02. The Labute approximate surface area is 196 Å². The van der Waals surface area contributed by atoms with Crippen LogP contribution in [0.15, 0.2) is 46.4 Å². The number of non-ortho nitro benzene ring substituents is 1. The summed E-state index contributed by atoms with van der Waals surface area (Å²) >= 11 is 14.8. The maximum absolute atomic E-state index is 12.5. The highest BCUT2D eigenvalue weighted by atomic mass is 79.9. The van der Waals surface area contributed by atoms with E-state index in [1.807, 2.05) is 0 Å². The van der Waals surface area contributed by atoms with Crippen molar-refractivity contribution in [2.24, 2.45) is 0 Å². The van der Waals surface area contributed by atoms with Crippen LogP contribution in [0.4, 0.5) is 5.69 Å². The Morgan fingerprint density at radius 1 is 1.19 bits per heavy atom. The Balaban J connectivity index is 1.85. The minimum Gasteiger partial charge on any atom is -0.486 e. The van der Waals surface area contributed by atoms with E-state index in [1.165, 1.54) is 42.1 Å². The van der Waals surface area contributed by atoms with Gasteiger partial charge in [-0.2, -0.15) is 0 Å². The lowest BCUT2D eigenvalue weighted by molar-refractivity contribution is -0.384. The lowest BCUT2D eigenvalue weighted by atomic mass is 10.1. The van der Waals surface area contributed by atoms with E-state index < -0.39 is 16.7 Å². The third-order valence-electron chi connectivity index (χ3n) is 4.48. The van der Waals surface area contributed by atoms with Crippen molar-refractivity contribution in [3.8, 4) is 5.75 Å². The summed E-state index contributed by atoms with van der Waals surface area (Å²) in [4.78, 5) is 37.8. The zero-order valence-electron chi connectivity index (χ0n) is 16.3. The highest BCUT2D eigenvalue weighted by Gasteiger charge is 2.35. The maximum Gasteiger partial charge on any atom is 0.269 e. The van der Waals surface area contributed by atoms with Crippen molar-refractivity contribution in [3.05, 3.63) is 72.7 Å². The molecule has 11 heteroatoms. The number of nitrogens with zero attached hydrogens (tertiary/aromatic N) is 3. The number of nitro groups is 1. The number of halogens is 2. The van der Waals surface area contributed by atoms with Crippen molar-refractivity contribution in [1.29, 1.82) is 0 Å². The lowest BCUT2D eigenvalue weighted by Crippen LogP contribution is -2.52. The number of thiocarbonyl (C=S) groups is 1. The molecule has 0 unspecified atom stereocenters. The normalized spacial score (nSPS) is 14.2. The van der Waals surface area contributed by atoms with Crippen molar-refractivity contribution < 1.29 is 19.2 Å². The minimum absolute atomic E-state index is 0.0375. The van der Waals surface area contributed by atoms with Crippen LogP contribution < -0.4 is 4.74 Å². The summed E-state index contributed by atoms with van der Waals surface area (Å²) in [5, 5.41) is 11.3. The molecule has 2 aromatic carbocycles. The summed E-state index contributed by atoms with van der Waals surface area (Å²) in [6, 6.07) is 9.28. The molecular formula is C20H15BrClN3O5S. The Hall–Kier alpha value is -2.82. The largest absolute Gasteiger partial charge is 0.486 e. The van der Waals surface area contributed by atoms with Gasteiger partial charge in [-0.25, -0.2) is 0 Å². The van der Waals surface area contributed by atoms with Crippen LogP contribution >= 0.6 is 39.7 Å². The molecule has 1 heterocycles. The monoisotopic (exact) mass is 523 g/mol. The van der Waals surface area contributed by atoms with Crippen LogP contribution in [0.2, 0.25) is 5.02 Å². The Kier molecular flexibility index (Phi) is 6.73. The van der Waals surface area contributed by atoms with Crippen LogP contribution in [0.1, 0.15) is 11.1 Å². The Morgan fingerprint density at radius 3 is 2.42 bits per heavy atom. The van der Waals surface area contributed by atoms with E-state index in [0.29, 0.717) is 21.3 Å². The van der Waals surface area contributed by atoms with Crippen LogP contribution in [0.5, 0.6) is 5.75 Å². The van der Waals surface area contributed by atoms with Crippen LogP contribution in [0.25, 0.3) is 6.08 Å². The van der Waals surface area contributed by atoms with Crippen molar-refractivity contribution in [3.63, 3.8) is 0 Å². The predicted molar refractivity (Wildman–Crippen MR) is 123 cm³/mol. The molecule has 1 aliphatic rings. The average molecular weight is 525 g/mol. The van der Waals surface area contributed by atoms with Gasteiger partial charge in [0.2, 0.25) is 0 Å². The van der Waals surface area contributed by atoms with E-state index in [-0.39, 0.29) is 28.0 Å². The maximum atomic E-state index is 12.5. The number of carbonyl (C=O) groups excluding carboxylic acids is 2. The summed E-state index contributed by atoms with van der Waals surface area (Å²) in [5.74, 6) is -0.690.